The lowest BCUT2D eigenvalue weighted by Gasteiger charge is -2.27. The van der Waals surface area contributed by atoms with E-state index < -0.39 is 11.7 Å². The second-order valence-electron chi connectivity index (χ2n) is 5.93. The molecule has 1 aromatic carbocycles. The number of alkyl halides is 3. The molecule has 1 saturated heterocycles. The van der Waals surface area contributed by atoms with Crippen molar-refractivity contribution in [2.45, 2.75) is 6.18 Å². The molecule has 2 amide bonds. The van der Waals surface area contributed by atoms with E-state index in [0.29, 0.717) is 31.2 Å². The Balaban J connectivity index is 1.79. The molecule has 0 radical (unpaired) electrons. The number of likely N-dealkylation sites (N-methyl/N-ethyl adjacent to an activating group) is 1. The Morgan fingerprint density at radius 2 is 1.76 bits per heavy atom. The zero-order chi connectivity index (χ0) is 18.4. The maximum absolute atomic E-state index is 12.5. The number of halogens is 3. The van der Waals surface area contributed by atoms with Gasteiger partial charge in [0.2, 0.25) is 0 Å². The summed E-state index contributed by atoms with van der Waals surface area (Å²) in [5.41, 5.74) is -0.491. The highest BCUT2D eigenvalue weighted by atomic mass is 19.4. The monoisotopic (exact) mass is 360 g/mol. The minimum Gasteiger partial charge on any atom is -0.378 e. The minimum atomic E-state index is -4.41. The maximum atomic E-state index is 12.5. The van der Waals surface area contributed by atoms with Crippen LogP contribution in [0.15, 0.2) is 24.3 Å². The van der Waals surface area contributed by atoms with E-state index in [1.165, 1.54) is 12.1 Å². The molecule has 1 aromatic rings. The summed E-state index contributed by atoms with van der Waals surface area (Å²) >= 11 is 0. The van der Waals surface area contributed by atoms with Gasteiger partial charge in [-0.25, -0.2) is 0 Å². The van der Waals surface area contributed by atoms with Crippen LogP contribution in [0.1, 0.15) is 5.56 Å². The van der Waals surface area contributed by atoms with Crippen molar-refractivity contribution in [3.8, 4) is 0 Å². The molecular weight excluding hydrogens is 339 g/mol. The van der Waals surface area contributed by atoms with Crippen molar-refractivity contribution in [1.29, 1.82) is 0 Å². The van der Waals surface area contributed by atoms with Gasteiger partial charge in [0.05, 0.1) is 25.8 Å². The predicted octanol–water partition coefficient (Wildman–Crippen LogP) is 0.0174. The van der Waals surface area contributed by atoms with E-state index in [4.69, 9.17) is 4.74 Å². The van der Waals surface area contributed by atoms with Gasteiger partial charge in [-0.3, -0.25) is 9.59 Å². The third-order valence-corrected chi connectivity index (χ3v) is 3.78. The van der Waals surface area contributed by atoms with Crippen molar-refractivity contribution in [3.63, 3.8) is 0 Å². The highest BCUT2D eigenvalue weighted by molar-refractivity contribution is 5.91. The van der Waals surface area contributed by atoms with Crippen molar-refractivity contribution >= 4 is 17.5 Å². The molecule has 0 spiro atoms. The molecular formula is C16H21F3N3O3+. The van der Waals surface area contributed by atoms with Crippen LogP contribution in [0.5, 0.6) is 0 Å². The van der Waals surface area contributed by atoms with Crippen LogP contribution < -0.4 is 10.2 Å². The molecule has 138 valence electrons. The van der Waals surface area contributed by atoms with Gasteiger partial charge in [0.1, 0.15) is 0 Å². The third-order valence-electron chi connectivity index (χ3n) is 3.78. The van der Waals surface area contributed by atoms with Crippen molar-refractivity contribution < 1.29 is 32.4 Å². The molecule has 6 nitrogen and oxygen atoms in total. The lowest BCUT2D eigenvalue weighted by molar-refractivity contribution is -0.862. The molecule has 1 atom stereocenters. The fourth-order valence-electron chi connectivity index (χ4n) is 2.47. The lowest BCUT2D eigenvalue weighted by Crippen LogP contribution is -3.11. The Kier molecular flexibility index (Phi) is 6.38. The van der Waals surface area contributed by atoms with Crippen LogP contribution in [0.4, 0.5) is 18.9 Å². The lowest BCUT2D eigenvalue weighted by atomic mass is 10.2. The van der Waals surface area contributed by atoms with E-state index in [0.717, 1.165) is 12.1 Å². The van der Waals surface area contributed by atoms with Crippen molar-refractivity contribution in [2.24, 2.45) is 0 Å². The topological polar surface area (TPSA) is 63.1 Å². The average Bonchev–Trinajstić information content (AvgIpc) is 2.55. The summed E-state index contributed by atoms with van der Waals surface area (Å²) in [5, 5.41) is 2.53. The molecule has 1 aliphatic heterocycles. The van der Waals surface area contributed by atoms with Crippen LogP contribution >= 0.6 is 0 Å². The van der Waals surface area contributed by atoms with Gasteiger partial charge in [-0.1, -0.05) is 0 Å². The normalized spacial score (nSPS) is 16.4. The van der Waals surface area contributed by atoms with Gasteiger partial charge in [-0.2, -0.15) is 13.2 Å². The number of hydrogen-bond acceptors (Lipinski definition) is 3. The van der Waals surface area contributed by atoms with Gasteiger partial charge in [0.15, 0.2) is 13.1 Å². The molecule has 2 N–H and O–H groups in total. The zero-order valence-corrected chi connectivity index (χ0v) is 13.9. The number of carbonyl (C=O) groups is 2. The van der Waals surface area contributed by atoms with E-state index in [2.05, 4.69) is 5.32 Å². The molecule has 9 heteroatoms. The van der Waals surface area contributed by atoms with Crippen LogP contribution in [0.25, 0.3) is 0 Å². The second kappa shape index (κ2) is 8.30. The average molecular weight is 360 g/mol. The van der Waals surface area contributed by atoms with Crippen LogP contribution in [-0.4, -0.2) is 63.2 Å². The van der Waals surface area contributed by atoms with E-state index in [-0.39, 0.29) is 30.6 Å². The molecule has 0 saturated carbocycles. The Labute approximate surface area is 143 Å². The minimum absolute atomic E-state index is 0.0388. The number of amides is 2. The van der Waals surface area contributed by atoms with Crippen LogP contribution in [-0.2, 0) is 20.5 Å². The van der Waals surface area contributed by atoms with Crippen molar-refractivity contribution in [3.05, 3.63) is 29.8 Å². The summed E-state index contributed by atoms with van der Waals surface area (Å²) in [7, 11) is 1.71. The summed E-state index contributed by atoms with van der Waals surface area (Å²) in [6, 6.07) is 4.23. The zero-order valence-electron chi connectivity index (χ0n) is 13.9. The third kappa shape index (κ3) is 6.02. The highest BCUT2D eigenvalue weighted by Crippen LogP contribution is 2.29. The molecule has 1 unspecified atom stereocenters. The van der Waals surface area contributed by atoms with Crippen LogP contribution in [0.2, 0.25) is 0 Å². The first-order valence-electron chi connectivity index (χ1n) is 7.89. The van der Waals surface area contributed by atoms with Crippen LogP contribution in [0.3, 0.4) is 0 Å². The highest BCUT2D eigenvalue weighted by Gasteiger charge is 2.30. The molecule has 0 aromatic heterocycles. The quantitative estimate of drug-likeness (QED) is 0.778. The Morgan fingerprint density at radius 3 is 2.32 bits per heavy atom. The Bertz CT molecular complexity index is 599. The van der Waals surface area contributed by atoms with Crippen molar-refractivity contribution in [1.82, 2.24) is 4.90 Å². The van der Waals surface area contributed by atoms with Crippen molar-refractivity contribution in [2.75, 3.05) is 51.8 Å². The summed E-state index contributed by atoms with van der Waals surface area (Å²) in [5.74, 6) is -0.421. The molecule has 2 rings (SSSR count). The number of benzene rings is 1. The number of morpholine rings is 1. The van der Waals surface area contributed by atoms with Gasteiger partial charge in [0, 0.05) is 18.8 Å². The van der Waals surface area contributed by atoms with E-state index in [1.54, 1.807) is 11.9 Å². The number of nitrogens with one attached hydrogen (secondary N) is 2. The fourth-order valence-corrected chi connectivity index (χ4v) is 2.47. The fraction of sp³-hybridized carbons (Fsp3) is 0.500. The largest absolute Gasteiger partial charge is 0.416 e. The Morgan fingerprint density at radius 1 is 1.16 bits per heavy atom. The number of hydrogen-bond donors (Lipinski definition) is 2. The van der Waals surface area contributed by atoms with E-state index in [1.807, 2.05) is 0 Å². The number of anilines is 1. The van der Waals surface area contributed by atoms with Gasteiger partial charge in [-0.15, -0.1) is 0 Å². The van der Waals surface area contributed by atoms with Crippen LogP contribution in [0, 0.1) is 0 Å². The molecule has 0 bridgehead atoms. The predicted molar refractivity (Wildman–Crippen MR) is 84.1 cm³/mol. The first-order chi connectivity index (χ1) is 11.8. The number of ether oxygens (including phenoxy) is 1. The Hall–Kier alpha value is -2.13. The smallest absolute Gasteiger partial charge is 0.378 e. The second-order valence-corrected chi connectivity index (χ2v) is 5.93. The summed E-state index contributed by atoms with van der Waals surface area (Å²) in [6.07, 6.45) is -4.41. The maximum Gasteiger partial charge on any atom is 0.416 e. The first kappa shape index (κ1) is 19.2. The van der Waals surface area contributed by atoms with Gasteiger partial charge in [0.25, 0.3) is 11.8 Å². The SMILES string of the molecule is C[NH+](CC(=O)Nc1ccc(C(F)(F)F)cc1)CC(=O)N1CCOCC1. The number of quaternary nitrogens is 1. The summed E-state index contributed by atoms with van der Waals surface area (Å²) < 4.78 is 42.7. The van der Waals surface area contributed by atoms with Gasteiger partial charge in [-0.05, 0) is 24.3 Å². The van der Waals surface area contributed by atoms with E-state index in [9.17, 15) is 22.8 Å². The van der Waals surface area contributed by atoms with Gasteiger partial charge < -0.3 is 19.9 Å². The number of nitrogens with zero attached hydrogens (tertiary/aromatic N) is 1. The molecule has 1 heterocycles. The van der Waals surface area contributed by atoms with E-state index >= 15 is 0 Å². The number of rotatable bonds is 5. The molecule has 1 fully saturated rings. The summed E-state index contributed by atoms with van der Waals surface area (Å²) in [4.78, 5) is 26.4. The number of carbonyl (C=O) groups excluding carboxylic acids is 2. The first-order valence-corrected chi connectivity index (χ1v) is 7.89. The molecule has 25 heavy (non-hydrogen) atoms. The summed E-state index contributed by atoms with van der Waals surface area (Å²) in [6.45, 7) is 2.32. The molecule has 1 aliphatic rings. The van der Waals surface area contributed by atoms with Gasteiger partial charge >= 0.3 is 6.18 Å². The standard InChI is InChI=1S/C16H20F3N3O3/c1-21(11-15(24)22-6-8-25-9-7-22)10-14(23)20-13-4-2-12(3-5-13)16(17,18)19/h2-5H,6-11H2,1H3,(H,20,23)/p+1. The molecule has 0 aliphatic carbocycles.